The van der Waals surface area contributed by atoms with E-state index in [1.165, 1.54) is 6.92 Å². The van der Waals surface area contributed by atoms with Crippen LogP contribution in [0.1, 0.15) is 34.6 Å². The molecule has 7 nitrogen and oxygen atoms in total. The van der Waals surface area contributed by atoms with Crippen LogP contribution in [0.2, 0.25) is 0 Å². The van der Waals surface area contributed by atoms with Crippen molar-refractivity contribution in [2.45, 2.75) is 52.7 Å². The van der Waals surface area contributed by atoms with E-state index in [1.807, 2.05) is 0 Å². The van der Waals surface area contributed by atoms with E-state index in [1.54, 1.807) is 27.7 Å². The van der Waals surface area contributed by atoms with Gasteiger partial charge >= 0.3 is 5.97 Å². The Bertz CT molecular complexity index is 369. The Morgan fingerprint density at radius 3 is 1.75 bits per heavy atom. The van der Waals surface area contributed by atoms with E-state index in [0.29, 0.717) is 0 Å². The summed E-state index contributed by atoms with van der Waals surface area (Å²) in [6, 6.07) is -2.53. The minimum Gasteiger partial charge on any atom is -0.480 e. The van der Waals surface area contributed by atoms with Crippen molar-refractivity contribution in [3.63, 3.8) is 0 Å². The van der Waals surface area contributed by atoms with Crippen LogP contribution < -0.4 is 16.4 Å². The number of aliphatic carboxylic acids is 1. The number of hydrogen-bond acceptors (Lipinski definition) is 4. The fourth-order valence-corrected chi connectivity index (χ4v) is 1.45. The minimum absolute atomic E-state index is 0.0520. The lowest BCUT2D eigenvalue weighted by Gasteiger charge is -2.25. The molecule has 0 spiro atoms. The summed E-state index contributed by atoms with van der Waals surface area (Å²) in [5, 5.41) is 13.7. The Morgan fingerprint density at radius 1 is 0.900 bits per heavy atom. The van der Waals surface area contributed by atoms with E-state index >= 15 is 0 Å². The van der Waals surface area contributed by atoms with Gasteiger partial charge in [-0.3, -0.25) is 14.4 Å². The Labute approximate surface area is 119 Å². The van der Waals surface area contributed by atoms with Gasteiger partial charge in [-0.05, 0) is 18.8 Å². The SMILES string of the molecule is CC(C)C(NC(=O)[C@@H](N)C(C)C)C(=O)N[C@@H](C)C(=O)O. The summed E-state index contributed by atoms with van der Waals surface area (Å²) in [5.41, 5.74) is 5.72. The smallest absolute Gasteiger partial charge is 0.325 e. The van der Waals surface area contributed by atoms with Crippen LogP contribution in [-0.2, 0) is 14.4 Å². The molecule has 0 aromatic rings. The number of carbonyl (C=O) groups excluding carboxylic acids is 2. The molecule has 2 amide bonds. The fourth-order valence-electron chi connectivity index (χ4n) is 1.45. The van der Waals surface area contributed by atoms with Gasteiger partial charge in [0.2, 0.25) is 11.8 Å². The Morgan fingerprint density at radius 2 is 1.40 bits per heavy atom. The molecule has 20 heavy (non-hydrogen) atoms. The van der Waals surface area contributed by atoms with Gasteiger partial charge in [0.1, 0.15) is 12.1 Å². The van der Waals surface area contributed by atoms with Crippen LogP contribution in [0.25, 0.3) is 0 Å². The maximum absolute atomic E-state index is 12.0. The number of nitrogens with one attached hydrogen (secondary N) is 2. The molecular weight excluding hydrogens is 262 g/mol. The van der Waals surface area contributed by atoms with Gasteiger partial charge in [0.05, 0.1) is 6.04 Å². The lowest BCUT2D eigenvalue weighted by molar-refractivity contribution is -0.142. The molecule has 0 aromatic heterocycles. The third-order valence-electron chi connectivity index (χ3n) is 3.00. The zero-order chi connectivity index (χ0) is 16.0. The monoisotopic (exact) mass is 287 g/mol. The second kappa shape index (κ2) is 7.84. The van der Waals surface area contributed by atoms with Gasteiger partial charge in [0.25, 0.3) is 0 Å². The van der Waals surface area contributed by atoms with Gasteiger partial charge in [-0.15, -0.1) is 0 Å². The average Bonchev–Trinajstić information content (AvgIpc) is 2.33. The molecule has 0 fully saturated rings. The summed E-state index contributed by atoms with van der Waals surface area (Å²) in [6.07, 6.45) is 0. The third-order valence-corrected chi connectivity index (χ3v) is 3.00. The first kappa shape index (κ1) is 18.4. The molecule has 0 saturated heterocycles. The predicted octanol–water partition coefficient (Wildman–Crippen LogP) is -0.300. The fraction of sp³-hybridized carbons (Fsp3) is 0.769. The highest BCUT2D eigenvalue weighted by Crippen LogP contribution is 2.05. The summed E-state index contributed by atoms with van der Waals surface area (Å²) >= 11 is 0. The number of nitrogens with two attached hydrogens (primary N) is 1. The first-order chi connectivity index (χ1) is 9.07. The van der Waals surface area contributed by atoms with Gasteiger partial charge in [-0.2, -0.15) is 0 Å². The van der Waals surface area contributed by atoms with Crippen molar-refractivity contribution < 1.29 is 19.5 Å². The maximum Gasteiger partial charge on any atom is 0.325 e. The molecule has 0 aliphatic heterocycles. The van der Waals surface area contributed by atoms with Gasteiger partial charge in [0.15, 0.2) is 0 Å². The quantitative estimate of drug-likeness (QED) is 0.512. The van der Waals surface area contributed by atoms with Crippen LogP contribution in [0.5, 0.6) is 0 Å². The first-order valence-corrected chi connectivity index (χ1v) is 6.67. The zero-order valence-corrected chi connectivity index (χ0v) is 12.6. The van der Waals surface area contributed by atoms with Crippen LogP contribution >= 0.6 is 0 Å². The van der Waals surface area contributed by atoms with Crippen molar-refractivity contribution in [2.75, 3.05) is 0 Å². The number of amides is 2. The average molecular weight is 287 g/mol. The van der Waals surface area contributed by atoms with E-state index in [2.05, 4.69) is 10.6 Å². The minimum atomic E-state index is -1.13. The molecule has 5 N–H and O–H groups in total. The molecule has 3 atom stereocenters. The number of carbonyl (C=O) groups is 3. The largest absolute Gasteiger partial charge is 0.480 e. The first-order valence-electron chi connectivity index (χ1n) is 6.67. The summed E-state index contributed by atoms with van der Waals surface area (Å²) in [7, 11) is 0. The van der Waals surface area contributed by atoms with Crippen molar-refractivity contribution in [3.05, 3.63) is 0 Å². The number of carboxylic acids is 1. The van der Waals surface area contributed by atoms with Gasteiger partial charge in [0, 0.05) is 0 Å². The van der Waals surface area contributed by atoms with Crippen molar-refractivity contribution in [1.82, 2.24) is 10.6 Å². The number of rotatable bonds is 7. The molecule has 0 heterocycles. The molecule has 0 saturated carbocycles. The lowest BCUT2D eigenvalue weighted by Crippen LogP contribution is -2.56. The summed E-state index contributed by atoms with van der Waals surface area (Å²) < 4.78 is 0. The second-order valence-electron chi connectivity index (χ2n) is 5.57. The second-order valence-corrected chi connectivity index (χ2v) is 5.57. The van der Waals surface area contributed by atoms with Crippen LogP contribution in [0.3, 0.4) is 0 Å². The number of hydrogen-bond donors (Lipinski definition) is 4. The Kier molecular flexibility index (Phi) is 7.20. The highest BCUT2D eigenvalue weighted by Gasteiger charge is 2.29. The standard InChI is InChI=1S/C13H25N3O4/c1-6(2)9(14)11(17)16-10(7(3)4)12(18)15-8(5)13(19)20/h6-10H,14H2,1-5H3,(H,15,18)(H,16,17)(H,19,20)/t8-,9-,10?/m0/s1. The summed E-state index contributed by atoms with van der Waals surface area (Å²) in [6.45, 7) is 8.50. The van der Waals surface area contributed by atoms with Gasteiger partial charge < -0.3 is 21.5 Å². The number of carboxylic acid groups (broad SMARTS) is 1. The molecule has 7 heteroatoms. The van der Waals surface area contributed by atoms with Crippen LogP contribution in [0, 0.1) is 11.8 Å². The van der Waals surface area contributed by atoms with Crippen molar-refractivity contribution in [2.24, 2.45) is 17.6 Å². The van der Waals surface area contributed by atoms with E-state index in [-0.39, 0.29) is 11.8 Å². The van der Waals surface area contributed by atoms with Crippen molar-refractivity contribution in [3.8, 4) is 0 Å². The topological polar surface area (TPSA) is 122 Å². The van der Waals surface area contributed by atoms with Crippen molar-refractivity contribution >= 4 is 17.8 Å². The molecule has 0 bridgehead atoms. The molecule has 0 aliphatic rings. The Hall–Kier alpha value is -1.63. The molecule has 1 unspecified atom stereocenters. The van der Waals surface area contributed by atoms with E-state index in [9.17, 15) is 14.4 Å². The lowest BCUT2D eigenvalue weighted by atomic mass is 10.00. The molecule has 0 aromatic carbocycles. The van der Waals surface area contributed by atoms with E-state index in [4.69, 9.17) is 10.8 Å². The third kappa shape index (κ3) is 5.56. The predicted molar refractivity (Wildman–Crippen MR) is 74.8 cm³/mol. The maximum atomic E-state index is 12.0. The normalized spacial score (nSPS) is 15.6. The molecular formula is C13H25N3O4. The van der Waals surface area contributed by atoms with Gasteiger partial charge in [-0.1, -0.05) is 27.7 Å². The molecule has 116 valence electrons. The molecule has 0 aliphatic carbocycles. The zero-order valence-electron chi connectivity index (χ0n) is 12.6. The van der Waals surface area contributed by atoms with Gasteiger partial charge in [-0.25, -0.2) is 0 Å². The molecule has 0 radical (unpaired) electrons. The Balaban J connectivity index is 4.77. The van der Waals surface area contributed by atoms with E-state index < -0.39 is 35.9 Å². The highest BCUT2D eigenvalue weighted by atomic mass is 16.4. The summed E-state index contributed by atoms with van der Waals surface area (Å²) in [5.74, 6) is -2.31. The van der Waals surface area contributed by atoms with Crippen LogP contribution in [-0.4, -0.2) is 41.0 Å². The van der Waals surface area contributed by atoms with Crippen molar-refractivity contribution in [1.29, 1.82) is 0 Å². The van der Waals surface area contributed by atoms with E-state index in [0.717, 1.165) is 0 Å². The van der Waals surface area contributed by atoms with Crippen LogP contribution in [0.15, 0.2) is 0 Å². The molecule has 0 rings (SSSR count). The van der Waals surface area contributed by atoms with Crippen LogP contribution in [0.4, 0.5) is 0 Å². The summed E-state index contributed by atoms with van der Waals surface area (Å²) in [4.78, 5) is 34.6. The highest BCUT2D eigenvalue weighted by molar-refractivity contribution is 5.91.